The van der Waals surface area contributed by atoms with Crippen molar-refractivity contribution >= 4 is 17.6 Å². The van der Waals surface area contributed by atoms with Gasteiger partial charge in [-0.2, -0.15) is 8.78 Å². The summed E-state index contributed by atoms with van der Waals surface area (Å²) in [6.07, 6.45) is 0.392. The predicted octanol–water partition coefficient (Wildman–Crippen LogP) is 2.21. The number of hydrogen-bond donors (Lipinski definition) is 2. The van der Waals surface area contributed by atoms with Crippen molar-refractivity contribution in [3.05, 3.63) is 23.8 Å². The Hall–Kier alpha value is -2.42. The summed E-state index contributed by atoms with van der Waals surface area (Å²) in [5, 5.41) is 5.39. The molecule has 0 saturated carbocycles. The van der Waals surface area contributed by atoms with Crippen LogP contribution in [0.5, 0.6) is 5.75 Å². The molecule has 1 aromatic rings. The van der Waals surface area contributed by atoms with Gasteiger partial charge in [-0.1, -0.05) is 0 Å². The van der Waals surface area contributed by atoms with Crippen LogP contribution in [0.25, 0.3) is 0 Å². The number of benzene rings is 1. The molecule has 26 heavy (non-hydrogen) atoms. The standard InChI is InChI=1S/C17H23F2N3O4/c1-11-7-13(26-16(18)19)3-4-14(11)21-17(24)20-9-12-8-15(23)22(10-12)5-6-25-2/h3-4,7,12,16H,5-6,8-10H2,1-2H3,(H2,20,21,24)/t12-/m1/s1. The average Bonchev–Trinajstić information content (AvgIpc) is 2.93. The first-order valence-electron chi connectivity index (χ1n) is 8.26. The molecule has 3 amide bonds. The molecule has 0 aliphatic carbocycles. The van der Waals surface area contributed by atoms with Crippen molar-refractivity contribution in [2.45, 2.75) is 20.0 Å². The van der Waals surface area contributed by atoms with E-state index in [-0.39, 0.29) is 17.6 Å². The maximum absolute atomic E-state index is 12.2. The number of aryl methyl sites for hydroxylation is 1. The van der Waals surface area contributed by atoms with Gasteiger partial charge in [-0.15, -0.1) is 0 Å². The number of carbonyl (C=O) groups is 2. The van der Waals surface area contributed by atoms with Gasteiger partial charge in [-0.25, -0.2) is 4.79 Å². The molecule has 1 saturated heterocycles. The van der Waals surface area contributed by atoms with Crippen molar-refractivity contribution in [3.8, 4) is 5.75 Å². The zero-order chi connectivity index (χ0) is 19.1. The minimum atomic E-state index is -2.89. The second-order valence-electron chi connectivity index (χ2n) is 6.09. The normalized spacial score (nSPS) is 16.9. The van der Waals surface area contributed by atoms with E-state index in [0.717, 1.165) is 0 Å². The number of methoxy groups -OCH3 is 1. The van der Waals surface area contributed by atoms with E-state index in [1.807, 2.05) is 0 Å². The number of hydrogen-bond acceptors (Lipinski definition) is 4. The third-order valence-corrected chi connectivity index (χ3v) is 4.08. The number of rotatable bonds is 8. The molecule has 2 N–H and O–H groups in total. The van der Waals surface area contributed by atoms with Gasteiger partial charge in [-0.05, 0) is 30.7 Å². The van der Waals surface area contributed by atoms with Gasteiger partial charge in [0, 0.05) is 44.8 Å². The summed E-state index contributed by atoms with van der Waals surface area (Å²) in [5.74, 6) is 0.136. The van der Waals surface area contributed by atoms with Gasteiger partial charge in [0.05, 0.1) is 6.61 Å². The van der Waals surface area contributed by atoms with Gasteiger partial charge in [0.1, 0.15) is 5.75 Å². The molecule has 1 aromatic carbocycles. The quantitative estimate of drug-likeness (QED) is 0.734. The van der Waals surface area contributed by atoms with Gasteiger partial charge in [0.15, 0.2) is 0 Å². The number of anilines is 1. The molecule has 0 spiro atoms. The first-order valence-corrected chi connectivity index (χ1v) is 8.26. The van der Waals surface area contributed by atoms with Crippen LogP contribution in [0.4, 0.5) is 19.3 Å². The number of likely N-dealkylation sites (tertiary alicyclic amines) is 1. The molecule has 1 aliphatic rings. The highest BCUT2D eigenvalue weighted by molar-refractivity contribution is 5.90. The molecule has 1 heterocycles. The molecule has 7 nitrogen and oxygen atoms in total. The number of carbonyl (C=O) groups excluding carboxylic acids is 2. The molecule has 144 valence electrons. The number of nitrogens with zero attached hydrogens (tertiary/aromatic N) is 1. The fourth-order valence-corrected chi connectivity index (χ4v) is 2.76. The number of ether oxygens (including phenoxy) is 2. The monoisotopic (exact) mass is 371 g/mol. The van der Waals surface area contributed by atoms with Crippen LogP contribution in [0.15, 0.2) is 18.2 Å². The fraction of sp³-hybridized carbons (Fsp3) is 0.529. The van der Waals surface area contributed by atoms with Crippen LogP contribution in [0.1, 0.15) is 12.0 Å². The summed E-state index contributed by atoms with van der Waals surface area (Å²) in [5.41, 5.74) is 1.09. The molecular formula is C17H23F2N3O4. The Bertz CT molecular complexity index is 642. The Morgan fingerprint density at radius 1 is 1.42 bits per heavy atom. The van der Waals surface area contributed by atoms with Gasteiger partial charge in [-0.3, -0.25) is 4.79 Å². The Balaban J connectivity index is 1.79. The number of alkyl halides is 2. The zero-order valence-corrected chi connectivity index (χ0v) is 14.8. The Kier molecular flexibility index (Phi) is 7.14. The van der Waals surface area contributed by atoms with Crippen LogP contribution in [0, 0.1) is 12.8 Å². The number of nitrogens with one attached hydrogen (secondary N) is 2. The number of amides is 3. The van der Waals surface area contributed by atoms with Gasteiger partial charge < -0.3 is 25.0 Å². The molecule has 0 aromatic heterocycles. The maximum atomic E-state index is 12.2. The lowest BCUT2D eigenvalue weighted by atomic mass is 10.1. The summed E-state index contributed by atoms with van der Waals surface area (Å²) in [6, 6.07) is 3.86. The minimum absolute atomic E-state index is 0.0316. The van der Waals surface area contributed by atoms with Crippen LogP contribution in [0.2, 0.25) is 0 Å². The van der Waals surface area contributed by atoms with Crippen molar-refractivity contribution in [1.82, 2.24) is 10.2 Å². The Morgan fingerprint density at radius 2 is 2.19 bits per heavy atom. The van der Waals surface area contributed by atoms with E-state index in [0.29, 0.717) is 43.9 Å². The van der Waals surface area contributed by atoms with Crippen molar-refractivity contribution in [3.63, 3.8) is 0 Å². The van der Waals surface area contributed by atoms with Gasteiger partial charge in [0.25, 0.3) is 0 Å². The van der Waals surface area contributed by atoms with E-state index in [1.54, 1.807) is 18.9 Å². The lowest BCUT2D eigenvalue weighted by Gasteiger charge is -2.16. The first-order chi connectivity index (χ1) is 12.4. The third-order valence-electron chi connectivity index (χ3n) is 4.08. The van der Waals surface area contributed by atoms with Crippen LogP contribution >= 0.6 is 0 Å². The second kappa shape index (κ2) is 9.33. The van der Waals surface area contributed by atoms with Crippen LogP contribution in [-0.4, -0.2) is 56.8 Å². The SMILES string of the molecule is COCCN1C[C@@H](CNC(=O)Nc2ccc(OC(F)F)cc2C)CC1=O. The highest BCUT2D eigenvalue weighted by Crippen LogP contribution is 2.23. The van der Waals surface area contributed by atoms with E-state index in [1.165, 1.54) is 18.2 Å². The molecule has 2 rings (SSSR count). The number of halogens is 2. The molecule has 9 heteroatoms. The third kappa shape index (κ3) is 5.83. The molecule has 1 atom stereocenters. The highest BCUT2D eigenvalue weighted by atomic mass is 19.3. The molecule has 0 unspecified atom stereocenters. The fourth-order valence-electron chi connectivity index (χ4n) is 2.76. The van der Waals surface area contributed by atoms with E-state index >= 15 is 0 Å². The Labute approximate surface area is 150 Å². The topological polar surface area (TPSA) is 79.9 Å². The van der Waals surface area contributed by atoms with E-state index in [4.69, 9.17) is 4.74 Å². The molecule has 0 radical (unpaired) electrons. The minimum Gasteiger partial charge on any atom is -0.435 e. The average molecular weight is 371 g/mol. The van der Waals surface area contributed by atoms with E-state index in [9.17, 15) is 18.4 Å². The lowest BCUT2D eigenvalue weighted by Crippen LogP contribution is -2.34. The lowest BCUT2D eigenvalue weighted by molar-refractivity contribution is -0.128. The number of urea groups is 1. The van der Waals surface area contributed by atoms with Crippen LogP contribution in [-0.2, 0) is 9.53 Å². The predicted molar refractivity (Wildman–Crippen MR) is 91.4 cm³/mol. The maximum Gasteiger partial charge on any atom is 0.387 e. The smallest absolute Gasteiger partial charge is 0.387 e. The Morgan fingerprint density at radius 3 is 2.85 bits per heavy atom. The molecule has 0 bridgehead atoms. The molecule has 1 aliphatic heterocycles. The van der Waals surface area contributed by atoms with Crippen molar-refractivity contribution in [1.29, 1.82) is 0 Å². The summed E-state index contributed by atoms with van der Waals surface area (Å²) < 4.78 is 33.7. The molecular weight excluding hydrogens is 348 g/mol. The highest BCUT2D eigenvalue weighted by Gasteiger charge is 2.29. The summed E-state index contributed by atoms with van der Waals surface area (Å²) in [4.78, 5) is 25.6. The van der Waals surface area contributed by atoms with E-state index < -0.39 is 12.6 Å². The summed E-state index contributed by atoms with van der Waals surface area (Å²) in [6.45, 7) is 0.765. The van der Waals surface area contributed by atoms with Crippen molar-refractivity contribution in [2.24, 2.45) is 5.92 Å². The summed E-state index contributed by atoms with van der Waals surface area (Å²) >= 11 is 0. The van der Waals surface area contributed by atoms with E-state index in [2.05, 4.69) is 15.4 Å². The van der Waals surface area contributed by atoms with Crippen molar-refractivity contribution in [2.75, 3.05) is 38.7 Å². The second-order valence-corrected chi connectivity index (χ2v) is 6.09. The van der Waals surface area contributed by atoms with Gasteiger partial charge in [0.2, 0.25) is 5.91 Å². The summed E-state index contributed by atoms with van der Waals surface area (Å²) in [7, 11) is 1.58. The van der Waals surface area contributed by atoms with Crippen LogP contribution < -0.4 is 15.4 Å². The van der Waals surface area contributed by atoms with Crippen molar-refractivity contribution < 1.29 is 27.8 Å². The van der Waals surface area contributed by atoms with Gasteiger partial charge >= 0.3 is 12.6 Å². The molecule has 1 fully saturated rings. The largest absolute Gasteiger partial charge is 0.435 e. The first kappa shape index (κ1) is 19.9. The van der Waals surface area contributed by atoms with Crippen LogP contribution in [0.3, 0.4) is 0 Å². The zero-order valence-electron chi connectivity index (χ0n) is 14.8.